The van der Waals surface area contributed by atoms with Crippen molar-refractivity contribution in [3.8, 4) is 5.75 Å². The van der Waals surface area contributed by atoms with Gasteiger partial charge in [0.2, 0.25) is 5.91 Å². The van der Waals surface area contributed by atoms with Gasteiger partial charge in [0.05, 0.1) is 24.4 Å². The van der Waals surface area contributed by atoms with Crippen molar-refractivity contribution in [2.45, 2.75) is 24.5 Å². The first kappa shape index (κ1) is 28.0. The summed E-state index contributed by atoms with van der Waals surface area (Å²) in [5.41, 5.74) is 6.22. The van der Waals surface area contributed by atoms with Crippen molar-refractivity contribution >= 4 is 17.2 Å². The average molecular weight is 565 g/mol. The first-order valence-electron chi connectivity index (χ1n) is 14.5. The van der Waals surface area contributed by atoms with Crippen molar-refractivity contribution < 1.29 is 9.53 Å². The van der Waals surface area contributed by atoms with Crippen LogP contribution in [-0.2, 0) is 16.9 Å². The highest BCUT2D eigenvalue weighted by Crippen LogP contribution is 2.39. The number of rotatable bonds is 11. The SMILES string of the molecule is COc1ccccc1CNC(=O)C(CC1=C[N]c2ccccc21)NC(c1ccccc1)(c1ccccc1)c1ccccc1. The molecule has 1 unspecified atom stereocenters. The number of ether oxygens (including phenoxy) is 1. The quantitative estimate of drug-likeness (QED) is 0.171. The highest BCUT2D eigenvalue weighted by Gasteiger charge is 2.40. The molecule has 0 spiro atoms. The van der Waals surface area contributed by atoms with Crippen LogP contribution in [0.4, 0.5) is 5.69 Å². The zero-order valence-corrected chi connectivity index (χ0v) is 24.1. The van der Waals surface area contributed by atoms with Gasteiger partial charge in [-0.15, -0.1) is 0 Å². The van der Waals surface area contributed by atoms with Crippen LogP contribution in [0, 0.1) is 0 Å². The number of amides is 1. The maximum atomic E-state index is 14.3. The minimum atomic E-state index is -0.813. The van der Waals surface area contributed by atoms with Crippen LogP contribution in [0.1, 0.15) is 34.2 Å². The molecule has 1 aliphatic rings. The molecule has 0 fully saturated rings. The summed E-state index contributed by atoms with van der Waals surface area (Å²) in [6.07, 6.45) is 2.34. The van der Waals surface area contributed by atoms with E-state index in [0.717, 1.165) is 44.8 Å². The molecule has 5 aromatic rings. The number of para-hydroxylation sites is 2. The van der Waals surface area contributed by atoms with Crippen LogP contribution >= 0.6 is 0 Å². The molecular weight excluding hydrogens is 530 g/mol. The van der Waals surface area contributed by atoms with E-state index in [2.05, 4.69) is 58.4 Å². The molecule has 6 rings (SSSR count). The Morgan fingerprint density at radius 3 is 1.86 bits per heavy atom. The minimum absolute atomic E-state index is 0.108. The summed E-state index contributed by atoms with van der Waals surface area (Å²) in [6.45, 7) is 0.343. The Kier molecular flexibility index (Phi) is 8.34. The number of benzene rings is 5. The Morgan fingerprint density at radius 2 is 1.26 bits per heavy atom. The molecule has 0 aromatic heterocycles. The van der Waals surface area contributed by atoms with Gasteiger partial charge in [-0.2, -0.15) is 0 Å². The predicted molar refractivity (Wildman–Crippen MR) is 172 cm³/mol. The standard InChI is InChI=1S/C38H34N3O2/c1-43-36-24-14-11-15-28(36)26-40-37(42)35(25-29-27-39-34-23-13-12-22-33(29)34)41-38(30-16-5-2-6-17-30,31-18-7-3-8-19-31)32-20-9-4-10-21-32/h2-24,27,35,41H,25-26H2,1H3,(H,40,42). The Morgan fingerprint density at radius 1 is 0.721 bits per heavy atom. The van der Waals surface area contributed by atoms with E-state index in [0.29, 0.717) is 13.0 Å². The van der Waals surface area contributed by atoms with Crippen molar-refractivity contribution in [1.82, 2.24) is 16.0 Å². The Hall–Kier alpha value is -5.13. The Balaban J connectivity index is 1.44. The molecule has 0 bridgehead atoms. The second-order valence-electron chi connectivity index (χ2n) is 10.6. The summed E-state index contributed by atoms with van der Waals surface area (Å²) in [7, 11) is 1.65. The molecule has 1 amide bonds. The normalized spacial score (nSPS) is 12.9. The van der Waals surface area contributed by atoms with Gasteiger partial charge in [-0.3, -0.25) is 15.4 Å². The molecule has 5 aromatic carbocycles. The van der Waals surface area contributed by atoms with E-state index in [-0.39, 0.29) is 5.91 Å². The summed E-state index contributed by atoms with van der Waals surface area (Å²) >= 11 is 0. The van der Waals surface area contributed by atoms with E-state index < -0.39 is 11.6 Å². The van der Waals surface area contributed by atoms with Gasteiger partial charge in [0.25, 0.3) is 0 Å². The number of nitrogens with zero attached hydrogens (tertiary/aromatic N) is 1. The molecule has 0 saturated carbocycles. The zero-order valence-electron chi connectivity index (χ0n) is 24.1. The highest BCUT2D eigenvalue weighted by molar-refractivity contribution is 5.87. The van der Waals surface area contributed by atoms with Crippen LogP contribution in [0.3, 0.4) is 0 Å². The molecule has 1 atom stereocenters. The number of nitrogens with one attached hydrogen (secondary N) is 2. The number of carbonyl (C=O) groups excluding carboxylic acids is 1. The van der Waals surface area contributed by atoms with E-state index in [1.165, 1.54) is 0 Å². The second-order valence-corrected chi connectivity index (χ2v) is 10.6. The topological polar surface area (TPSA) is 64.5 Å². The summed E-state index contributed by atoms with van der Waals surface area (Å²) < 4.78 is 5.55. The van der Waals surface area contributed by atoms with Crippen LogP contribution in [0.15, 0.2) is 146 Å². The van der Waals surface area contributed by atoms with Gasteiger partial charge in [0.1, 0.15) is 5.75 Å². The summed E-state index contributed by atoms with van der Waals surface area (Å²) in [5.74, 6) is 0.633. The van der Waals surface area contributed by atoms with E-state index in [1.54, 1.807) is 7.11 Å². The molecule has 0 aliphatic carbocycles. The van der Waals surface area contributed by atoms with Crippen LogP contribution < -0.4 is 20.7 Å². The van der Waals surface area contributed by atoms with Crippen LogP contribution in [0.5, 0.6) is 5.75 Å². The molecule has 5 heteroatoms. The van der Waals surface area contributed by atoms with Crippen LogP contribution in [0.25, 0.3) is 5.57 Å². The fourth-order valence-corrected chi connectivity index (χ4v) is 5.90. The fourth-order valence-electron chi connectivity index (χ4n) is 5.90. The maximum Gasteiger partial charge on any atom is 0.237 e. The molecule has 5 nitrogen and oxygen atoms in total. The van der Waals surface area contributed by atoms with E-state index in [4.69, 9.17) is 4.74 Å². The maximum absolute atomic E-state index is 14.3. The lowest BCUT2D eigenvalue weighted by molar-refractivity contribution is -0.123. The molecular formula is C38H34N3O2. The number of hydrogen-bond donors (Lipinski definition) is 2. The van der Waals surface area contributed by atoms with Gasteiger partial charge >= 0.3 is 0 Å². The fraction of sp³-hybridized carbons (Fsp3) is 0.132. The third-order valence-corrected chi connectivity index (χ3v) is 8.01. The molecule has 0 saturated heterocycles. The van der Waals surface area contributed by atoms with Gasteiger partial charge in [-0.1, -0.05) is 127 Å². The van der Waals surface area contributed by atoms with Gasteiger partial charge < -0.3 is 10.1 Å². The highest BCUT2D eigenvalue weighted by atomic mass is 16.5. The first-order chi connectivity index (χ1) is 21.2. The van der Waals surface area contributed by atoms with E-state index in [1.807, 2.05) is 103 Å². The third kappa shape index (κ3) is 5.81. The minimum Gasteiger partial charge on any atom is -0.496 e. The van der Waals surface area contributed by atoms with Gasteiger partial charge in [0.15, 0.2) is 0 Å². The number of methoxy groups -OCH3 is 1. The lowest BCUT2D eigenvalue weighted by Crippen LogP contribution is -2.55. The second kappa shape index (κ2) is 12.8. The number of carbonyl (C=O) groups is 1. The molecule has 1 heterocycles. The lowest BCUT2D eigenvalue weighted by atomic mass is 9.76. The molecule has 1 radical (unpaired) electrons. The van der Waals surface area contributed by atoms with E-state index in [9.17, 15) is 4.79 Å². The Labute approximate surface area is 253 Å². The van der Waals surface area contributed by atoms with E-state index >= 15 is 0 Å². The summed E-state index contributed by atoms with van der Waals surface area (Å²) in [5, 5.41) is 11.8. The molecule has 213 valence electrons. The average Bonchev–Trinajstić information content (AvgIpc) is 3.49. The molecule has 1 aliphatic heterocycles. The number of hydrogen-bond acceptors (Lipinski definition) is 3. The van der Waals surface area contributed by atoms with Crippen molar-refractivity contribution in [3.63, 3.8) is 0 Å². The molecule has 43 heavy (non-hydrogen) atoms. The van der Waals surface area contributed by atoms with Crippen molar-refractivity contribution in [2.75, 3.05) is 7.11 Å². The van der Waals surface area contributed by atoms with Crippen molar-refractivity contribution in [2.24, 2.45) is 0 Å². The van der Waals surface area contributed by atoms with Gasteiger partial charge in [-0.25, -0.2) is 0 Å². The zero-order chi connectivity index (χ0) is 29.5. The third-order valence-electron chi connectivity index (χ3n) is 8.01. The van der Waals surface area contributed by atoms with Crippen molar-refractivity contribution in [1.29, 1.82) is 0 Å². The first-order valence-corrected chi connectivity index (χ1v) is 14.5. The monoisotopic (exact) mass is 564 g/mol. The largest absolute Gasteiger partial charge is 0.496 e. The molecule has 2 N–H and O–H groups in total. The summed E-state index contributed by atoms with van der Waals surface area (Å²) in [6, 6.07) is 46.3. The van der Waals surface area contributed by atoms with Crippen LogP contribution in [-0.4, -0.2) is 19.1 Å². The summed E-state index contributed by atoms with van der Waals surface area (Å²) in [4.78, 5) is 14.3. The number of fused-ring (bicyclic) bond motifs is 1. The predicted octanol–water partition coefficient (Wildman–Crippen LogP) is 6.94. The smallest absolute Gasteiger partial charge is 0.237 e. The Bertz CT molecular complexity index is 1610. The van der Waals surface area contributed by atoms with Gasteiger partial charge in [-0.05, 0) is 40.8 Å². The van der Waals surface area contributed by atoms with Crippen molar-refractivity contribution in [3.05, 3.63) is 174 Å². The van der Waals surface area contributed by atoms with Gasteiger partial charge in [0, 0.05) is 23.9 Å². The van der Waals surface area contributed by atoms with Crippen LogP contribution in [0.2, 0.25) is 0 Å². The lowest BCUT2D eigenvalue weighted by Gasteiger charge is -2.40.